The van der Waals surface area contributed by atoms with Crippen molar-refractivity contribution in [3.05, 3.63) is 111 Å². The van der Waals surface area contributed by atoms with Crippen molar-refractivity contribution in [1.82, 2.24) is 5.43 Å². The van der Waals surface area contributed by atoms with Crippen molar-refractivity contribution in [2.24, 2.45) is 5.10 Å². The summed E-state index contributed by atoms with van der Waals surface area (Å²) in [7, 11) is -2.59. The van der Waals surface area contributed by atoms with Gasteiger partial charge in [0.15, 0.2) is 11.5 Å². The zero-order valence-corrected chi connectivity index (χ0v) is 27.4. The van der Waals surface area contributed by atoms with Crippen LogP contribution in [-0.2, 0) is 21.4 Å². The average molecular weight is 701 g/mol. The normalized spacial score (nSPS) is 11.3. The van der Waals surface area contributed by atoms with Crippen LogP contribution >= 0.6 is 27.5 Å². The molecule has 0 saturated carbocycles. The van der Waals surface area contributed by atoms with Crippen LogP contribution in [0.4, 0.5) is 5.69 Å². The molecule has 0 bridgehead atoms. The van der Waals surface area contributed by atoms with Gasteiger partial charge in [-0.25, -0.2) is 13.8 Å². The standard InChI is InChI=1S/C32H31BrClN3O6S/c1-4-42-26-13-15-27(16-14-26)44(39,40)37(25-11-9-22(2)10-12-25)20-31(38)36-35-19-23-17-28(33)32(30(18-23)41-3)43-21-24-7-5-6-8-29(24)34/h5-19H,4,20-21H2,1-3H3,(H,36,38)/b35-19-. The molecule has 12 heteroatoms. The van der Waals surface area contributed by atoms with E-state index >= 15 is 0 Å². The summed E-state index contributed by atoms with van der Waals surface area (Å²) in [6.45, 7) is 3.91. The summed E-state index contributed by atoms with van der Waals surface area (Å²) >= 11 is 9.74. The minimum Gasteiger partial charge on any atom is -0.494 e. The van der Waals surface area contributed by atoms with E-state index in [2.05, 4.69) is 26.5 Å². The van der Waals surface area contributed by atoms with Crippen molar-refractivity contribution in [3.8, 4) is 17.2 Å². The zero-order valence-electron chi connectivity index (χ0n) is 24.3. The van der Waals surface area contributed by atoms with E-state index in [0.29, 0.717) is 44.6 Å². The molecule has 1 amide bonds. The first kappa shape index (κ1) is 32.8. The van der Waals surface area contributed by atoms with Crippen LogP contribution < -0.4 is 23.9 Å². The number of halogens is 2. The van der Waals surface area contributed by atoms with E-state index in [0.717, 1.165) is 15.4 Å². The van der Waals surface area contributed by atoms with Gasteiger partial charge in [-0.3, -0.25) is 9.10 Å². The van der Waals surface area contributed by atoms with Crippen molar-refractivity contribution in [1.29, 1.82) is 0 Å². The Morgan fingerprint density at radius 1 is 1.02 bits per heavy atom. The van der Waals surface area contributed by atoms with Gasteiger partial charge in [-0.15, -0.1) is 0 Å². The number of carbonyl (C=O) groups is 1. The number of methoxy groups -OCH3 is 1. The first-order chi connectivity index (χ1) is 21.1. The number of anilines is 1. The van der Waals surface area contributed by atoms with Crippen molar-refractivity contribution in [2.45, 2.75) is 25.3 Å². The molecule has 0 spiro atoms. The average Bonchev–Trinajstić information content (AvgIpc) is 3.01. The number of ether oxygens (including phenoxy) is 3. The van der Waals surface area contributed by atoms with E-state index in [4.69, 9.17) is 25.8 Å². The lowest BCUT2D eigenvalue weighted by atomic mass is 10.2. The van der Waals surface area contributed by atoms with Crippen LogP contribution in [0.25, 0.3) is 0 Å². The lowest BCUT2D eigenvalue weighted by Gasteiger charge is -2.24. The largest absolute Gasteiger partial charge is 0.494 e. The molecule has 230 valence electrons. The number of nitrogens with zero attached hydrogens (tertiary/aromatic N) is 2. The number of benzene rings is 4. The molecule has 0 aliphatic heterocycles. The fourth-order valence-electron chi connectivity index (χ4n) is 4.09. The Bertz CT molecular complexity index is 1730. The van der Waals surface area contributed by atoms with Crippen molar-refractivity contribution in [2.75, 3.05) is 24.6 Å². The Balaban J connectivity index is 1.49. The minimum atomic E-state index is -4.10. The molecule has 0 atom stereocenters. The van der Waals surface area contributed by atoms with Gasteiger partial charge in [-0.1, -0.05) is 47.5 Å². The summed E-state index contributed by atoms with van der Waals surface area (Å²) in [6.07, 6.45) is 1.42. The highest BCUT2D eigenvalue weighted by Crippen LogP contribution is 2.37. The van der Waals surface area contributed by atoms with E-state index < -0.39 is 22.5 Å². The van der Waals surface area contributed by atoms with Crippen molar-refractivity contribution in [3.63, 3.8) is 0 Å². The van der Waals surface area contributed by atoms with E-state index in [-0.39, 0.29) is 11.5 Å². The lowest BCUT2D eigenvalue weighted by molar-refractivity contribution is -0.119. The Morgan fingerprint density at radius 3 is 2.39 bits per heavy atom. The molecule has 0 heterocycles. The molecule has 44 heavy (non-hydrogen) atoms. The number of hydrogen-bond acceptors (Lipinski definition) is 7. The molecule has 4 aromatic carbocycles. The molecular formula is C32H31BrClN3O6S. The van der Waals surface area contributed by atoms with Gasteiger partial charge in [0.2, 0.25) is 0 Å². The van der Waals surface area contributed by atoms with Gasteiger partial charge in [0.25, 0.3) is 15.9 Å². The second-order valence-electron chi connectivity index (χ2n) is 9.46. The van der Waals surface area contributed by atoms with Gasteiger partial charge in [-0.2, -0.15) is 5.10 Å². The van der Waals surface area contributed by atoms with E-state index in [1.54, 1.807) is 54.6 Å². The summed E-state index contributed by atoms with van der Waals surface area (Å²) < 4.78 is 45.8. The van der Waals surface area contributed by atoms with Crippen LogP contribution in [-0.4, -0.2) is 40.8 Å². The third kappa shape index (κ3) is 8.31. The molecule has 1 N–H and O–H groups in total. The predicted octanol–water partition coefficient (Wildman–Crippen LogP) is 6.74. The zero-order chi connectivity index (χ0) is 31.7. The second kappa shape index (κ2) is 15.1. The Hall–Kier alpha value is -4.06. The quantitative estimate of drug-likeness (QED) is 0.122. The number of hydrogen-bond donors (Lipinski definition) is 1. The van der Waals surface area contributed by atoms with Crippen LogP contribution in [0.2, 0.25) is 5.02 Å². The monoisotopic (exact) mass is 699 g/mol. The summed E-state index contributed by atoms with van der Waals surface area (Å²) in [4.78, 5) is 13.0. The van der Waals surface area contributed by atoms with Gasteiger partial charge in [0, 0.05) is 10.6 Å². The maximum absolute atomic E-state index is 13.6. The van der Waals surface area contributed by atoms with E-state index in [1.165, 1.54) is 25.5 Å². The van der Waals surface area contributed by atoms with Gasteiger partial charge >= 0.3 is 0 Å². The lowest BCUT2D eigenvalue weighted by Crippen LogP contribution is -2.39. The highest BCUT2D eigenvalue weighted by atomic mass is 79.9. The SMILES string of the molecule is CCOc1ccc(S(=O)(=O)N(CC(=O)N/N=C\c2cc(Br)c(OCc3ccccc3Cl)c(OC)c2)c2ccc(C)cc2)cc1. The highest BCUT2D eigenvalue weighted by Gasteiger charge is 2.27. The first-order valence-electron chi connectivity index (χ1n) is 13.5. The molecule has 0 aliphatic carbocycles. The fourth-order valence-corrected chi connectivity index (χ4v) is 6.28. The summed E-state index contributed by atoms with van der Waals surface area (Å²) in [5, 5.41) is 4.64. The highest BCUT2D eigenvalue weighted by molar-refractivity contribution is 9.10. The predicted molar refractivity (Wildman–Crippen MR) is 176 cm³/mol. The number of hydrazone groups is 1. The number of rotatable bonds is 13. The molecule has 9 nitrogen and oxygen atoms in total. The molecule has 0 radical (unpaired) electrons. The van der Waals surface area contributed by atoms with Crippen LogP contribution in [0, 0.1) is 6.92 Å². The smallest absolute Gasteiger partial charge is 0.264 e. The van der Waals surface area contributed by atoms with Crippen molar-refractivity contribution >= 4 is 55.4 Å². The van der Waals surface area contributed by atoms with Crippen LogP contribution in [0.1, 0.15) is 23.6 Å². The molecule has 0 aliphatic rings. The fraction of sp³-hybridized carbons (Fsp3) is 0.188. The third-order valence-electron chi connectivity index (χ3n) is 6.32. The topological polar surface area (TPSA) is 107 Å². The molecule has 0 unspecified atom stereocenters. The van der Waals surface area contributed by atoms with E-state index in [9.17, 15) is 13.2 Å². The van der Waals surface area contributed by atoms with Crippen LogP contribution in [0.3, 0.4) is 0 Å². The molecule has 0 fully saturated rings. The number of aryl methyl sites for hydroxylation is 1. The molecule has 0 aromatic heterocycles. The molecule has 4 rings (SSSR count). The van der Waals surface area contributed by atoms with Gasteiger partial charge in [-0.05, 0) is 89.9 Å². The summed E-state index contributed by atoms with van der Waals surface area (Å²) in [5.41, 5.74) is 5.12. The summed E-state index contributed by atoms with van der Waals surface area (Å²) in [5.74, 6) is 0.818. The minimum absolute atomic E-state index is 0.0200. The Kier molecular flexibility index (Phi) is 11.3. The van der Waals surface area contributed by atoms with Crippen molar-refractivity contribution < 1.29 is 27.4 Å². The first-order valence-corrected chi connectivity index (χ1v) is 16.1. The number of amides is 1. The third-order valence-corrected chi connectivity index (χ3v) is 9.06. The van der Waals surface area contributed by atoms with E-state index in [1.807, 2.05) is 32.0 Å². The maximum atomic E-state index is 13.6. The maximum Gasteiger partial charge on any atom is 0.264 e. The molecule has 0 saturated heterocycles. The van der Waals surface area contributed by atoms with Gasteiger partial charge < -0.3 is 14.2 Å². The van der Waals surface area contributed by atoms with Crippen LogP contribution in [0.5, 0.6) is 17.2 Å². The van der Waals surface area contributed by atoms with Crippen LogP contribution in [0.15, 0.2) is 99.4 Å². The molecule has 4 aromatic rings. The molecular weight excluding hydrogens is 670 g/mol. The van der Waals surface area contributed by atoms with Gasteiger partial charge in [0.05, 0.1) is 35.0 Å². The second-order valence-corrected chi connectivity index (χ2v) is 12.6. The Labute approximate surface area is 270 Å². The number of sulfonamides is 1. The van der Waals surface area contributed by atoms with Gasteiger partial charge in [0.1, 0.15) is 18.9 Å². The number of nitrogens with one attached hydrogen (secondary N) is 1. The Morgan fingerprint density at radius 2 is 1.73 bits per heavy atom. The number of carbonyl (C=O) groups excluding carboxylic acids is 1. The summed E-state index contributed by atoms with van der Waals surface area (Å²) in [6, 6.07) is 23.7.